The zero-order valence-corrected chi connectivity index (χ0v) is 13.2. The molecule has 0 saturated carbocycles. The van der Waals surface area contributed by atoms with Crippen molar-refractivity contribution in [1.82, 2.24) is 9.88 Å². The van der Waals surface area contributed by atoms with Gasteiger partial charge in [-0.1, -0.05) is 32.0 Å². The van der Waals surface area contributed by atoms with Crippen LogP contribution in [0.3, 0.4) is 0 Å². The molecule has 112 valence electrons. The zero-order valence-electron chi connectivity index (χ0n) is 13.2. The molecule has 0 amide bonds. The van der Waals surface area contributed by atoms with Gasteiger partial charge in [0.25, 0.3) is 0 Å². The third-order valence-corrected chi connectivity index (χ3v) is 3.77. The first kappa shape index (κ1) is 15.7. The maximum atomic E-state index is 5.35. The van der Waals surface area contributed by atoms with E-state index in [9.17, 15) is 0 Å². The molecule has 0 radical (unpaired) electrons. The number of para-hydroxylation sites is 1. The number of rotatable bonds is 8. The number of terminal acetylenes is 1. The molecule has 0 aliphatic rings. The van der Waals surface area contributed by atoms with Crippen molar-refractivity contribution in [2.45, 2.75) is 52.1 Å². The van der Waals surface area contributed by atoms with Gasteiger partial charge >= 0.3 is 0 Å². The van der Waals surface area contributed by atoms with E-state index >= 15 is 0 Å². The predicted molar refractivity (Wildman–Crippen MR) is 91.5 cm³/mol. The molecule has 1 aromatic carbocycles. The molecule has 1 N–H and O–H groups in total. The van der Waals surface area contributed by atoms with E-state index in [-0.39, 0.29) is 0 Å². The van der Waals surface area contributed by atoms with E-state index in [1.165, 1.54) is 22.9 Å². The molecular weight excluding hydrogens is 256 g/mol. The molecule has 0 aliphatic carbocycles. The summed E-state index contributed by atoms with van der Waals surface area (Å²) in [5.41, 5.74) is 2.79. The molecule has 1 aromatic heterocycles. The fraction of sp³-hybridized carbons (Fsp3) is 0.474. The number of nitrogens with one attached hydrogen (secondary N) is 1. The van der Waals surface area contributed by atoms with Gasteiger partial charge in [-0.15, -0.1) is 12.3 Å². The van der Waals surface area contributed by atoms with Crippen molar-refractivity contribution in [1.29, 1.82) is 0 Å². The van der Waals surface area contributed by atoms with Gasteiger partial charge in [0.2, 0.25) is 0 Å². The van der Waals surface area contributed by atoms with Crippen LogP contribution in [0, 0.1) is 12.3 Å². The lowest BCUT2D eigenvalue weighted by Gasteiger charge is -2.07. The van der Waals surface area contributed by atoms with Gasteiger partial charge in [-0.05, 0) is 37.4 Å². The van der Waals surface area contributed by atoms with E-state index in [2.05, 4.69) is 60.1 Å². The standard InChI is InChI=1S/C19H26N2/c1-4-5-8-14-21-15-17(10-9-13-20-16(2)3)18-11-6-7-12-19(18)21/h1,6-7,11-12,15-16,20H,5,8-10,13-14H2,2-3H3. The van der Waals surface area contributed by atoms with Crippen molar-refractivity contribution in [2.75, 3.05) is 6.54 Å². The first-order valence-electron chi connectivity index (χ1n) is 7.96. The Labute approximate surface area is 128 Å². The van der Waals surface area contributed by atoms with Gasteiger partial charge in [0, 0.05) is 36.1 Å². The maximum absolute atomic E-state index is 5.35. The van der Waals surface area contributed by atoms with Gasteiger partial charge in [0.15, 0.2) is 0 Å². The van der Waals surface area contributed by atoms with Crippen LogP contribution in [0.1, 0.15) is 38.7 Å². The fourth-order valence-corrected chi connectivity index (χ4v) is 2.73. The number of aromatic nitrogens is 1. The quantitative estimate of drug-likeness (QED) is 0.572. The van der Waals surface area contributed by atoms with Crippen LogP contribution >= 0.6 is 0 Å². The lowest BCUT2D eigenvalue weighted by atomic mass is 10.1. The highest BCUT2D eigenvalue weighted by Gasteiger charge is 2.07. The number of hydrogen-bond acceptors (Lipinski definition) is 1. The first-order chi connectivity index (χ1) is 10.2. The number of hydrogen-bond donors (Lipinski definition) is 1. The highest BCUT2D eigenvalue weighted by atomic mass is 15.0. The molecule has 2 aromatic rings. The zero-order chi connectivity index (χ0) is 15.1. The smallest absolute Gasteiger partial charge is 0.0483 e. The normalized spacial score (nSPS) is 11.1. The highest BCUT2D eigenvalue weighted by molar-refractivity contribution is 5.83. The highest BCUT2D eigenvalue weighted by Crippen LogP contribution is 2.23. The fourth-order valence-electron chi connectivity index (χ4n) is 2.73. The lowest BCUT2D eigenvalue weighted by molar-refractivity contribution is 0.570. The summed E-state index contributed by atoms with van der Waals surface area (Å²) in [5.74, 6) is 2.72. The molecule has 21 heavy (non-hydrogen) atoms. The Morgan fingerprint density at radius 2 is 2.05 bits per heavy atom. The van der Waals surface area contributed by atoms with Crippen molar-refractivity contribution >= 4 is 10.9 Å². The summed E-state index contributed by atoms with van der Waals surface area (Å²) in [6.07, 6.45) is 11.9. The Hall–Kier alpha value is -1.72. The summed E-state index contributed by atoms with van der Waals surface area (Å²) in [5, 5.41) is 4.87. The van der Waals surface area contributed by atoms with Crippen LogP contribution in [0.15, 0.2) is 30.5 Å². The lowest BCUT2D eigenvalue weighted by Crippen LogP contribution is -2.23. The minimum Gasteiger partial charge on any atom is -0.347 e. The number of aryl methyl sites for hydroxylation is 2. The minimum absolute atomic E-state index is 0.565. The van der Waals surface area contributed by atoms with Crippen LogP contribution in [0.25, 0.3) is 10.9 Å². The van der Waals surface area contributed by atoms with Crippen molar-refractivity contribution < 1.29 is 0 Å². The van der Waals surface area contributed by atoms with Gasteiger partial charge in [-0.3, -0.25) is 0 Å². The Bertz CT molecular complexity index is 602. The molecule has 2 heteroatoms. The Morgan fingerprint density at radius 3 is 2.81 bits per heavy atom. The molecule has 0 fully saturated rings. The number of nitrogens with zero attached hydrogens (tertiary/aromatic N) is 1. The average molecular weight is 282 g/mol. The van der Waals surface area contributed by atoms with Crippen molar-refractivity contribution in [3.05, 3.63) is 36.0 Å². The maximum Gasteiger partial charge on any atom is 0.0483 e. The minimum atomic E-state index is 0.565. The Kier molecular flexibility index (Phi) is 5.90. The summed E-state index contributed by atoms with van der Waals surface area (Å²) in [6.45, 7) is 6.47. The molecule has 1 heterocycles. The molecule has 0 saturated heterocycles. The molecule has 0 bridgehead atoms. The molecule has 2 nitrogen and oxygen atoms in total. The molecule has 0 aliphatic heterocycles. The van der Waals surface area contributed by atoms with Gasteiger partial charge in [0.05, 0.1) is 0 Å². The van der Waals surface area contributed by atoms with E-state index in [0.717, 1.165) is 32.4 Å². The van der Waals surface area contributed by atoms with Crippen LogP contribution in [0.4, 0.5) is 0 Å². The Morgan fingerprint density at radius 1 is 1.24 bits per heavy atom. The predicted octanol–water partition coefficient (Wildman–Crippen LogP) is 3.99. The first-order valence-corrected chi connectivity index (χ1v) is 7.96. The SMILES string of the molecule is C#CCCCn1cc(CCCNC(C)C)c2ccccc21. The van der Waals surface area contributed by atoms with E-state index in [1.54, 1.807) is 0 Å². The largest absolute Gasteiger partial charge is 0.347 e. The average Bonchev–Trinajstić information content (AvgIpc) is 2.82. The van der Waals surface area contributed by atoms with E-state index in [1.807, 2.05) is 0 Å². The van der Waals surface area contributed by atoms with E-state index < -0.39 is 0 Å². The van der Waals surface area contributed by atoms with Gasteiger partial charge in [-0.2, -0.15) is 0 Å². The van der Waals surface area contributed by atoms with Gasteiger partial charge in [0.1, 0.15) is 0 Å². The molecule has 0 spiro atoms. The van der Waals surface area contributed by atoms with E-state index in [0.29, 0.717) is 6.04 Å². The summed E-state index contributed by atoms with van der Waals surface area (Å²) < 4.78 is 2.36. The topological polar surface area (TPSA) is 17.0 Å². The monoisotopic (exact) mass is 282 g/mol. The second kappa shape index (κ2) is 7.90. The third-order valence-electron chi connectivity index (χ3n) is 3.77. The molecule has 2 rings (SSSR count). The van der Waals surface area contributed by atoms with Crippen molar-refractivity contribution in [3.8, 4) is 12.3 Å². The number of unbranched alkanes of at least 4 members (excludes halogenated alkanes) is 1. The molecule has 0 atom stereocenters. The second-order valence-electron chi connectivity index (χ2n) is 5.88. The summed E-state index contributed by atoms with van der Waals surface area (Å²) in [4.78, 5) is 0. The van der Waals surface area contributed by atoms with Crippen molar-refractivity contribution in [2.24, 2.45) is 0 Å². The second-order valence-corrected chi connectivity index (χ2v) is 5.88. The van der Waals surface area contributed by atoms with Crippen molar-refractivity contribution in [3.63, 3.8) is 0 Å². The van der Waals surface area contributed by atoms with Crippen LogP contribution in [-0.4, -0.2) is 17.2 Å². The molecular formula is C19H26N2. The van der Waals surface area contributed by atoms with E-state index in [4.69, 9.17) is 6.42 Å². The van der Waals surface area contributed by atoms with Crippen LogP contribution in [0.2, 0.25) is 0 Å². The number of fused-ring (bicyclic) bond motifs is 1. The summed E-state index contributed by atoms with van der Waals surface area (Å²) in [6, 6.07) is 9.25. The summed E-state index contributed by atoms with van der Waals surface area (Å²) >= 11 is 0. The van der Waals surface area contributed by atoms with Crippen LogP contribution in [-0.2, 0) is 13.0 Å². The Balaban J connectivity index is 2.06. The summed E-state index contributed by atoms with van der Waals surface area (Å²) in [7, 11) is 0. The van der Waals surface area contributed by atoms with Crippen LogP contribution < -0.4 is 5.32 Å². The van der Waals surface area contributed by atoms with Gasteiger partial charge in [-0.25, -0.2) is 0 Å². The van der Waals surface area contributed by atoms with Gasteiger partial charge < -0.3 is 9.88 Å². The van der Waals surface area contributed by atoms with Crippen LogP contribution in [0.5, 0.6) is 0 Å². The number of benzene rings is 1. The molecule has 0 unspecified atom stereocenters. The third kappa shape index (κ3) is 4.37.